The molecule has 10 heteroatoms. The molecule has 1 fully saturated rings. The highest BCUT2D eigenvalue weighted by molar-refractivity contribution is 8.26. The first-order valence-electron chi connectivity index (χ1n) is 11.0. The third-order valence-electron chi connectivity index (χ3n) is 5.51. The Morgan fingerprint density at radius 3 is 2.71 bits per heavy atom. The van der Waals surface area contributed by atoms with Crippen LogP contribution in [-0.2, 0) is 27.2 Å². The number of benzene rings is 1. The first-order valence-corrected chi connectivity index (χ1v) is 13.0. The molecule has 2 heterocycles. The summed E-state index contributed by atoms with van der Waals surface area (Å²) in [5.74, 6) is -1.36. The number of ether oxygens (including phenoxy) is 1. The molecule has 1 aliphatic heterocycles. The van der Waals surface area contributed by atoms with Crippen LogP contribution >= 0.6 is 35.3 Å². The number of esters is 1. The second-order valence-corrected chi connectivity index (χ2v) is 10.6. The predicted octanol–water partition coefficient (Wildman–Crippen LogP) is 5.17. The molecule has 1 N–H and O–H groups in total. The quantitative estimate of drug-likeness (QED) is 0.310. The van der Waals surface area contributed by atoms with Gasteiger partial charge in [-0.15, -0.1) is 11.3 Å². The van der Waals surface area contributed by atoms with Gasteiger partial charge in [-0.2, -0.15) is 0 Å². The molecule has 1 aromatic carbocycles. The van der Waals surface area contributed by atoms with Crippen molar-refractivity contribution < 1.29 is 23.5 Å². The summed E-state index contributed by atoms with van der Waals surface area (Å²) in [6, 6.07) is 5.81. The van der Waals surface area contributed by atoms with Gasteiger partial charge in [-0.1, -0.05) is 36.1 Å². The maximum absolute atomic E-state index is 13.1. The van der Waals surface area contributed by atoms with Gasteiger partial charge < -0.3 is 10.1 Å². The predicted molar refractivity (Wildman–Crippen MR) is 136 cm³/mol. The largest absolute Gasteiger partial charge is 0.462 e. The van der Waals surface area contributed by atoms with Crippen LogP contribution in [0.2, 0.25) is 0 Å². The van der Waals surface area contributed by atoms with E-state index in [0.717, 1.165) is 47.9 Å². The number of thiocarbonyl (C=S) groups is 1. The number of thioether (sulfide) groups is 1. The van der Waals surface area contributed by atoms with Crippen molar-refractivity contribution in [2.24, 2.45) is 0 Å². The van der Waals surface area contributed by atoms with Crippen LogP contribution in [0.3, 0.4) is 0 Å². The number of carbonyl (C=O) groups excluding carboxylic acids is 3. The minimum Gasteiger partial charge on any atom is -0.462 e. The lowest BCUT2D eigenvalue weighted by molar-refractivity contribution is -0.122. The van der Waals surface area contributed by atoms with Crippen LogP contribution in [0, 0.1) is 5.82 Å². The highest BCUT2D eigenvalue weighted by atomic mass is 32.2. The van der Waals surface area contributed by atoms with Gasteiger partial charge in [0.15, 0.2) is 0 Å². The van der Waals surface area contributed by atoms with E-state index in [1.165, 1.54) is 28.4 Å². The fourth-order valence-corrected chi connectivity index (χ4v) is 6.48. The van der Waals surface area contributed by atoms with Crippen LogP contribution in [0.5, 0.6) is 0 Å². The Morgan fingerprint density at radius 2 is 1.97 bits per heavy atom. The highest BCUT2D eigenvalue weighted by Crippen LogP contribution is 2.39. The molecule has 0 unspecified atom stereocenters. The molecule has 0 atom stereocenters. The van der Waals surface area contributed by atoms with Crippen LogP contribution in [0.25, 0.3) is 6.08 Å². The van der Waals surface area contributed by atoms with Crippen LogP contribution in [0.4, 0.5) is 9.39 Å². The van der Waals surface area contributed by atoms with Crippen molar-refractivity contribution in [1.29, 1.82) is 0 Å². The molecule has 2 amide bonds. The Kier molecular flexibility index (Phi) is 7.80. The maximum atomic E-state index is 13.1. The summed E-state index contributed by atoms with van der Waals surface area (Å²) < 4.78 is 18.7. The third kappa shape index (κ3) is 5.39. The molecule has 0 bridgehead atoms. The zero-order valence-electron chi connectivity index (χ0n) is 18.5. The van der Waals surface area contributed by atoms with Crippen LogP contribution in [-0.4, -0.2) is 40.2 Å². The molecule has 2 aliphatic rings. The molecule has 1 saturated heterocycles. The van der Waals surface area contributed by atoms with Crippen molar-refractivity contribution in [3.63, 3.8) is 0 Å². The number of anilines is 1. The van der Waals surface area contributed by atoms with E-state index in [4.69, 9.17) is 17.0 Å². The van der Waals surface area contributed by atoms with Crippen molar-refractivity contribution in [2.45, 2.75) is 39.0 Å². The van der Waals surface area contributed by atoms with Gasteiger partial charge in [0.1, 0.15) is 15.1 Å². The van der Waals surface area contributed by atoms with Crippen molar-refractivity contribution in [2.75, 3.05) is 18.5 Å². The van der Waals surface area contributed by atoms with E-state index in [9.17, 15) is 18.8 Å². The average molecular weight is 519 g/mol. The number of thiophene rings is 1. The van der Waals surface area contributed by atoms with Gasteiger partial charge in [0, 0.05) is 17.8 Å². The Morgan fingerprint density at radius 1 is 1.24 bits per heavy atom. The van der Waals surface area contributed by atoms with E-state index >= 15 is 0 Å². The van der Waals surface area contributed by atoms with E-state index in [2.05, 4.69) is 5.32 Å². The average Bonchev–Trinajstić information content (AvgIpc) is 3.30. The Bertz CT molecular complexity index is 1170. The van der Waals surface area contributed by atoms with Gasteiger partial charge in [0.05, 0.1) is 17.1 Å². The lowest BCUT2D eigenvalue weighted by atomic mass is 9.95. The molecular formula is C24H23FN2O4S3. The Balaban J connectivity index is 1.42. The Hall–Kier alpha value is -2.56. The van der Waals surface area contributed by atoms with E-state index in [-0.39, 0.29) is 37.2 Å². The van der Waals surface area contributed by atoms with Crippen LogP contribution in [0.15, 0.2) is 29.2 Å². The molecule has 0 radical (unpaired) electrons. The monoisotopic (exact) mass is 518 g/mol. The number of amides is 2. The summed E-state index contributed by atoms with van der Waals surface area (Å²) in [7, 11) is 0. The van der Waals surface area contributed by atoms with Gasteiger partial charge in [-0.05, 0) is 61.9 Å². The lowest BCUT2D eigenvalue weighted by Crippen LogP contribution is -2.31. The standard InChI is InChI=1S/C24H23FN2O4S3/c1-2-31-23(30)20-16-5-3-4-6-17(16)33-21(20)26-19(28)11-12-27-22(29)18(34-24(27)32)13-14-7-9-15(25)10-8-14/h7-10,13H,2-6,11-12H2,1H3,(H,26,28). The van der Waals surface area contributed by atoms with Crippen LogP contribution in [0.1, 0.15) is 52.5 Å². The number of carbonyl (C=O) groups is 3. The maximum Gasteiger partial charge on any atom is 0.341 e. The summed E-state index contributed by atoms with van der Waals surface area (Å²) in [4.78, 5) is 41.0. The smallest absolute Gasteiger partial charge is 0.341 e. The summed E-state index contributed by atoms with van der Waals surface area (Å²) in [6.07, 6.45) is 5.43. The van der Waals surface area contributed by atoms with Gasteiger partial charge in [0.25, 0.3) is 5.91 Å². The summed E-state index contributed by atoms with van der Waals surface area (Å²) in [5, 5.41) is 3.37. The molecule has 1 aliphatic carbocycles. The van der Waals surface area contributed by atoms with Gasteiger partial charge in [-0.25, -0.2) is 9.18 Å². The van der Waals surface area contributed by atoms with Gasteiger partial charge in [-0.3, -0.25) is 14.5 Å². The molecule has 0 saturated carbocycles. The molecular weight excluding hydrogens is 495 g/mol. The summed E-state index contributed by atoms with van der Waals surface area (Å²) in [5.41, 5.74) is 2.13. The number of hydrogen-bond donors (Lipinski definition) is 1. The molecule has 4 rings (SSSR count). The third-order valence-corrected chi connectivity index (χ3v) is 8.09. The fourth-order valence-electron chi connectivity index (χ4n) is 3.88. The van der Waals surface area contributed by atoms with Gasteiger partial charge in [0.2, 0.25) is 5.91 Å². The molecule has 0 spiro atoms. The molecule has 2 aromatic rings. The molecule has 34 heavy (non-hydrogen) atoms. The minimum absolute atomic E-state index is 0.0289. The zero-order chi connectivity index (χ0) is 24.2. The lowest BCUT2D eigenvalue weighted by Gasteiger charge is -2.14. The molecule has 1 aromatic heterocycles. The number of nitrogens with one attached hydrogen (secondary N) is 1. The van der Waals surface area contributed by atoms with Crippen molar-refractivity contribution in [1.82, 2.24) is 4.90 Å². The number of aryl methyl sites for hydroxylation is 1. The van der Waals surface area contributed by atoms with E-state index in [1.54, 1.807) is 25.1 Å². The first-order chi connectivity index (χ1) is 16.4. The highest BCUT2D eigenvalue weighted by Gasteiger charge is 2.32. The second kappa shape index (κ2) is 10.8. The van der Waals surface area contributed by atoms with E-state index < -0.39 is 5.97 Å². The number of halogens is 1. The Labute approximate surface area is 210 Å². The first kappa shape index (κ1) is 24.6. The number of rotatable bonds is 7. The number of nitrogens with zero attached hydrogens (tertiary/aromatic N) is 1. The molecule has 6 nitrogen and oxygen atoms in total. The summed E-state index contributed by atoms with van der Waals surface area (Å²) >= 11 is 7.91. The normalized spacial score (nSPS) is 16.6. The zero-order valence-corrected chi connectivity index (χ0v) is 21.0. The minimum atomic E-state index is -0.417. The van der Waals surface area contributed by atoms with Crippen LogP contribution < -0.4 is 5.32 Å². The number of hydrogen-bond acceptors (Lipinski definition) is 7. The van der Waals surface area contributed by atoms with E-state index in [0.29, 0.717) is 25.4 Å². The van der Waals surface area contributed by atoms with Crippen molar-refractivity contribution in [3.8, 4) is 0 Å². The number of fused-ring (bicyclic) bond motifs is 1. The van der Waals surface area contributed by atoms with E-state index in [1.807, 2.05) is 0 Å². The van der Waals surface area contributed by atoms with Crippen molar-refractivity contribution in [3.05, 3.63) is 56.6 Å². The van der Waals surface area contributed by atoms with Gasteiger partial charge >= 0.3 is 5.97 Å². The SMILES string of the molecule is CCOC(=O)c1c(NC(=O)CCN2C(=O)C(=Cc3ccc(F)cc3)SC2=S)sc2c1CCCC2. The second-order valence-electron chi connectivity index (χ2n) is 7.82. The summed E-state index contributed by atoms with van der Waals surface area (Å²) in [6.45, 7) is 2.13. The molecule has 178 valence electrons. The topological polar surface area (TPSA) is 75.7 Å². The van der Waals surface area contributed by atoms with Crippen molar-refractivity contribution >= 4 is 68.5 Å². The fraction of sp³-hybridized carbons (Fsp3) is 0.333.